The maximum atomic E-state index is 12.7. The summed E-state index contributed by atoms with van der Waals surface area (Å²) in [6, 6.07) is 7.18. The Labute approximate surface area is 140 Å². The fourth-order valence-electron chi connectivity index (χ4n) is 2.07. The van der Waals surface area contributed by atoms with Crippen LogP contribution in [0.4, 0.5) is 0 Å². The van der Waals surface area contributed by atoms with Gasteiger partial charge in [-0.05, 0) is 30.7 Å². The Hall–Kier alpha value is -1.86. The van der Waals surface area contributed by atoms with Crippen molar-refractivity contribution in [2.24, 2.45) is 0 Å². The molecule has 2 rings (SSSR count). The van der Waals surface area contributed by atoms with Gasteiger partial charge in [-0.2, -0.15) is 0 Å². The lowest BCUT2D eigenvalue weighted by Crippen LogP contribution is -2.18. The quantitative estimate of drug-likeness (QED) is 0.518. The first-order chi connectivity index (χ1) is 11.2. The van der Waals surface area contributed by atoms with Gasteiger partial charge in [0.25, 0.3) is 0 Å². The first kappa shape index (κ1) is 17.5. The van der Waals surface area contributed by atoms with Crippen LogP contribution < -0.4 is 4.74 Å². The number of ether oxygens (including phenoxy) is 2. The van der Waals surface area contributed by atoms with E-state index in [0.717, 1.165) is 10.9 Å². The summed E-state index contributed by atoms with van der Waals surface area (Å²) >= 11 is 1.44. The molecule has 0 bridgehead atoms. The number of aromatic nitrogens is 3. The van der Waals surface area contributed by atoms with Crippen LogP contribution >= 0.6 is 11.8 Å². The van der Waals surface area contributed by atoms with Gasteiger partial charge in [0.1, 0.15) is 12.1 Å². The number of carbonyl (C=O) groups excluding carboxylic acids is 1. The summed E-state index contributed by atoms with van der Waals surface area (Å²) in [5.74, 6) is 0.822. The normalized spacial score (nSPS) is 12.1. The summed E-state index contributed by atoms with van der Waals surface area (Å²) in [4.78, 5) is 12.7. The summed E-state index contributed by atoms with van der Waals surface area (Å²) in [5.41, 5.74) is 0.674. The van der Waals surface area contributed by atoms with E-state index < -0.39 is 0 Å². The molecule has 1 atom stereocenters. The van der Waals surface area contributed by atoms with E-state index in [0.29, 0.717) is 25.1 Å². The zero-order valence-corrected chi connectivity index (χ0v) is 14.4. The molecule has 0 radical (unpaired) electrons. The second-order valence-electron chi connectivity index (χ2n) is 4.91. The Morgan fingerprint density at radius 1 is 1.30 bits per heavy atom. The van der Waals surface area contributed by atoms with Crippen LogP contribution in [-0.4, -0.2) is 46.6 Å². The number of thioether (sulfide) groups is 1. The molecule has 0 aliphatic heterocycles. The molecule has 0 amide bonds. The van der Waals surface area contributed by atoms with E-state index in [-0.39, 0.29) is 11.0 Å². The molecule has 0 aliphatic rings. The third-order valence-corrected chi connectivity index (χ3v) is 4.76. The first-order valence-corrected chi connectivity index (χ1v) is 8.29. The highest BCUT2D eigenvalue weighted by atomic mass is 32.2. The summed E-state index contributed by atoms with van der Waals surface area (Å²) < 4.78 is 12.1. The molecule has 0 unspecified atom stereocenters. The number of carbonyl (C=O) groups is 1. The third-order valence-electron chi connectivity index (χ3n) is 3.40. The molecule has 0 fully saturated rings. The molecule has 23 heavy (non-hydrogen) atoms. The molecule has 6 nitrogen and oxygen atoms in total. The van der Waals surface area contributed by atoms with Gasteiger partial charge in [0.2, 0.25) is 0 Å². The molecule has 1 aromatic heterocycles. The maximum absolute atomic E-state index is 12.7. The summed E-state index contributed by atoms with van der Waals surface area (Å²) in [5, 5.41) is 8.57. The van der Waals surface area contributed by atoms with Crippen molar-refractivity contribution < 1.29 is 14.3 Å². The number of nitrogens with zero attached hydrogens (tertiary/aromatic N) is 3. The number of methoxy groups -OCH3 is 2. The summed E-state index contributed by atoms with van der Waals surface area (Å²) in [7, 11) is 3.26. The molecule has 1 heterocycles. The molecule has 0 aliphatic carbocycles. The average Bonchev–Trinajstić information content (AvgIpc) is 3.04. The number of hydrogen-bond acceptors (Lipinski definition) is 6. The van der Waals surface area contributed by atoms with Crippen LogP contribution in [0.3, 0.4) is 0 Å². The van der Waals surface area contributed by atoms with Gasteiger partial charge in [-0.15, -0.1) is 10.2 Å². The van der Waals surface area contributed by atoms with Crippen LogP contribution in [0.1, 0.15) is 23.7 Å². The molecule has 0 saturated carbocycles. The summed E-state index contributed by atoms with van der Waals surface area (Å²) in [6.07, 6.45) is 2.37. The fraction of sp³-hybridized carbons (Fsp3) is 0.438. The predicted octanol–water partition coefficient (Wildman–Crippen LogP) is 2.69. The zero-order chi connectivity index (χ0) is 16.7. The van der Waals surface area contributed by atoms with Gasteiger partial charge < -0.3 is 14.0 Å². The Morgan fingerprint density at radius 2 is 2.04 bits per heavy atom. The number of rotatable bonds is 9. The van der Waals surface area contributed by atoms with E-state index in [1.807, 2.05) is 11.5 Å². The minimum Gasteiger partial charge on any atom is -0.497 e. The Morgan fingerprint density at radius 3 is 2.65 bits per heavy atom. The highest BCUT2D eigenvalue weighted by molar-refractivity contribution is 8.00. The van der Waals surface area contributed by atoms with Gasteiger partial charge in [0.05, 0.1) is 19.0 Å². The monoisotopic (exact) mass is 335 g/mol. The average molecular weight is 335 g/mol. The highest BCUT2D eigenvalue weighted by Gasteiger charge is 2.22. The molecular weight excluding hydrogens is 314 g/mol. The molecule has 1 aromatic carbocycles. The highest BCUT2D eigenvalue weighted by Crippen LogP contribution is 2.27. The van der Waals surface area contributed by atoms with E-state index in [1.54, 1.807) is 44.8 Å². The maximum Gasteiger partial charge on any atom is 0.191 e. The first-order valence-electron chi connectivity index (χ1n) is 7.41. The number of ketones is 1. The minimum atomic E-state index is -0.200. The Bertz CT molecular complexity index is 628. The smallest absolute Gasteiger partial charge is 0.191 e. The van der Waals surface area contributed by atoms with E-state index in [1.165, 1.54) is 11.8 Å². The van der Waals surface area contributed by atoms with Crippen LogP contribution in [-0.2, 0) is 11.3 Å². The largest absolute Gasteiger partial charge is 0.497 e. The van der Waals surface area contributed by atoms with E-state index in [9.17, 15) is 4.79 Å². The topological polar surface area (TPSA) is 66.2 Å². The number of hydrogen-bond donors (Lipinski definition) is 0. The lowest BCUT2D eigenvalue weighted by molar-refractivity contribution is 0.0988. The fourth-order valence-corrected chi connectivity index (χ4v) is 3.10. The van der Waals surface area contributed by atoms with Crippen molar-refractivity contribution >= 4 is 17.5 Å². The van der Waals surface area contributed by atoms with Gasteiger partial charge in [-0.3, -0.25) is 4.79 Å². The van der Waals surface area contributed by atoms with Gasteiger partial charge >= 0.3 is 0 Å². The molecule has 0 N–H and O–H groups in total. The third kappa shape index (κ3) is 4.56. The number of benzene rings is 1. The van der Waals surface area contributed by atoms with E-state index in [2.05, 4.69) is 10.2 Å². The van der Waals surface area contributed by atoms with Crippen LogP contribution in [0, 0.1) is 0 Å². The minimum absolute atomic E-state index is 0.0847. The van der Waals surface area contributed by atoms with Gasteiger partial charge in [-0.1, -0.05) is 18.7 Å². The molecule has 7 heteroatoms. The predicted molar refractivity (Wildman–Crippen MR) is 89.2 cm³/mol. The van der Waals surface area contributed by atoms with Crippen molar-refractivity contribution in [2.45, 2.75) is 30.3 Å². The molecule has 124 valence electrons. The van der Waals surface area contributed by atoms with Crippen LogP contribution in [0.2, 0.25) is 0 Å². The van der Waals surface area contributed by atoms with E-state index in [4.69, 9.17) is 9.47 Å². The second kappa shape index (κ2) is 8.69. The number of Topliss-reactive ketones (excluding diaryl/α,β-unsaturated/α-hetero) is 1. The van der Waals surface area contributed by atoms with Crippen LogP contribution in [0.25, 0.3) is 0 Å². The van der Waals surface area contributed by atoms with Gasteiger partial charge in [-0.25, -0.2) is 0 Å². The zero-order valence-electron chi connectivity index (χ0n) is 13.6. The Balaban J connectivity index is 2.09. The molecule has 0 saturated heterocycles. The Kier molecular flexibility index (Phi) is 6.61. The van der Waals surface area contributed by atoms with Crippen molar-refractivity contribution in [1.29, 1.82) is 0 Å². The van der Waals surface area contributed by atoms with E-state index >= 15 is 0 Å². The van der Waals surface area contributed by atoms with Gasteiger partial charge in [0.15, 0.2) is 10.9 Å². The van der Waals surface area contributed by atoms with Crippen LogP contribution in [0.15, 0.2) is 35.7 Å². The molecule has 2 aromatic rings. The van der Waals surface area contributed by atoms with Gasteiger partial charge in [0, 0.05) is 19.2 Å². The molecule has 0 spiro atoms. The lowest BCUT2D eigenvalue weighted by atomic mass is 10.1. The van der Waals surface area contributed by atoms with Crippen molar-refractivity contribution in [2.75, 3.05) is 20.8 Å². The second-order valence-corrected chi connectivity index (χ2v) is 6.08. The van der Waals surface area contributed by atoms with Crippen molar-refractivity contribution in [1.82, 2.24) is 14.8 Å². The summed E-state index contributed by atoms with van der Waals surface area (Å²) in [6.45, 7) is 3.24. The van der Waals surface area contributed by atoms with Crippen molar-refractivity contribution in [3.8, 4) is 5.75 Å². The SMILES string of the molecule is CC[C@@H](Sc1nncn1CCOC)C(=O)c1ccc(OC)cc1. The van der Waals surface area contributed by atoms with Crippen molar-refractivity contribution in [3.05, 3.63) is 36.2 Å². The van der Waals surface area contributed by atoms with Crippen LogP contribution in [0.5, 0.6) is 5.75 Å². The standard InChI is InChI=1S/C16H21N3O3S/c1-4-14(15(20)12-5-7-13(22-3)8-6-12)23-16-18-17-11-19(16)9-10-21-2/h5-8,11,14H,4,9-10H2,1-3H3/t14-/m1/s1. The lowest BCUT2D eigenvalue weighted by Gasteiger charge is -2.14. The van der Waals surface area contributed by atoms with Crippen molar-refractivity contribution in [3.63, 3.8) is 0 Å². The molecular formula is C16H21N3O3S.